The van der Waals surface area contributed by atoms with Gasteiger partial charge in [-0.25, -0.2) is 0 Å². The molecule has 0 aliphatic heterocycles. The smallest absolute Gasteiger partial charge is 0.240 e. The Labute approximate surface area is 189 Å². The molecule has 5 heteroatoms. The molecule has 0 saturated heterocycles. The van der Waals surface area contributed by atoms with Crippen LogP contribution in [0.5, 0.6) is 0 Å². The largest absolute Gasteiger partial charge is 0.464 e. The maximum Gasteiger partial charge on any atom is 0.240 e. The van der Waals surface area contributed by atoms with Crippen molar-refractivity contribution in [1.29, 1.82) is 0 Å². The molecule has 4 aromatic rings. The van der Waals surface area contributed by atoms with Gasteiger partial charge in [-0.05, 0) is 66.3 Å². The highest BCUT2D eigenvalue weighted by Crippen LogP contribution is 2.20. The van der Waals surface area contributed by atoms with E-state index in [1.54, 1.807) is 12.5 Å². The fraction of sp³-hybridized carbons (Fsp3) is 0.370. The number of amides is 1. The molecule has 1 amide bonds. The Hall–Kier alpha value is -3.05. The monoisotopic (exact) mass is 432 g/mol. The van der Waals surface area contributed by atoms with Crippen molar-refractivity contribution in [3.63, 3.8) is 0 Å². The van der Waals surface area contributed by atoms with Crippen molar-refractivity contribution in [2.24, 2.45) is 5.92 Å². The lowest BCUT2D eigenvalue weighted by Gasteiger charge is -2.29. The molecule has 0 saturated carbocycles. The van der Waals surface area contributed by atoms with Crippen molar-refractivity contribution in [2.45, 2.75) is 46.2 Å². The number of benzene rings is 2. The molecule has 0 aliphatic carbocycles. The number of nitrogens with one attached hydrogen (secondary N) is 1. The average molecular weight is 433 g/mol. The van der Waals surface area contributed by atoms with Crippen LogP contribution < -0.4 is 5.32 Å². The lowest BCUT2D eigenvalue weighted by atomic mass is 10.0. The molecule has 2 heterocycles. The normalized spacial score (nSPS) is 12.6. The molecule has 1 N–H and O–H groups in total. The molecule has 0 fully saturated rings. The Bertz CT molecular complexity index is 1170. The third-order valence-corrected chi connectivity index (χ3v) is 5.71. The Kier molecular flexibility index (Phi) is 6.96. The van der Waals surface area contributed by atoms with Crippen LogP contribution in [0.1, 0.15) is 38.3 Å². The molecule has 5 nitrogen and oxygen atoms in total. The highest BCUT2D eigenvalue weighted by molar-refractivity contribution is 5.83. The van der Waals surface area contributed by atoms with Gasteiger partial charge in [0.2, 0.25) is 5.91 Å². The summed E-state index contributed by atoms with van der Waals surface area (Å²) in [6.07, 6.45) is 4.98. The Morgan fingerprint density at radius 2 is 1.56 bits per heavy atom. The second-order valence-corrected chi connectivity index (χ2v) is 8.90. The molecule has 0 bridgehead atoms. The summed E-state index contributed by atoms with van der Waals surface area (Å²) < 4.78 is 10.9. The van der Waals surface area contributed by atoms with Crippen LogP contribution in [-0.2, 0) is 17.8 Å². The predicted octanol–water partition coefficient (Wildman–Crippen LogP) is 5.77. The number of furan rings is 2. The lowest BCUT2D eigenvalue weighted by Crippen LogP contribution is -2.48. The van der Waals surface area contributed by atoms with E-state index in [0.29, 0.717) is 18.9 Å². The maximum atomic E-state index is 13.6. The van der Waals surface area contributed by atoms with E-state index in [1.165, 1.54) is 0 Å². The number of rotatable bonds is 10. The highest BCUT2D eigenvalue weighted by Gasteiger charge is 2.25. The zero-order valence-corrected chi connectivity index (χ0v) is 19.1. The Morgan fingerprint density at radius 1 is 0.938 bits per heavy atom. The zero-order valence-electron chi connectivity index (χ0n) is 19.1. The van der Waals surface area contributed by atoms with Gasteiger partial charge in [-0.2, -0.15) is 0 Å². The van der Waals surface area contributed by atoms with Gasteiger partial charge in [0.05, 0.1) is 18.6 Å². The highest BCUT2D eigenvalue weighted by atomic mass is 16.3. The van der Waals surface area contributed by atoms with E-state index in [4.69, 9.17) is 8.83 Å². The quantitative estimate of drug-likeness (QED) is 0.345. The van der Waals surface area contributed by atoms with Gasteiger partial charge in [-0.15, -0.1) is 0 Å². The molecule has 1 atom stereocenters. The van der Waals surface area contributed by atoms with E-state index in [9.17, 15) is 4.79 Å². The standard InChI is InChI=1S/C27H32N2O3/c1-4-11-29(18-19(2)3)27(30)24(16-20-5-7-25-22(14-20)9-12-31-25)28-17-21-6-8-26-23(15-21)10-13-32-26/h5-10,12-15,19,24,28H,4,11,16-18H2,1-3H3/t24-/m1/s1. The summed E-state index contributed by atoms with van der Waals surface area (Å²) in [7, 11) is 0. The van der Waals surface area contributed by atoms with Crippen LogP contribution in [0.4, 0.5) is 0 Å². The van der Waals surface area contributed by atoms with Crippen LogP contribution in [0.25, 0.3) is 21.9 Å². The number of fused-ring (bicyclic) bond motifs is 2. The van der Waals surface area contributed by atoms with Gasteiger partial charge in [-0.1, -0.05) is 32.9 Å². The first kappa shape index (κ1) is 22.2. The first-order chi connectivity index (χ1) is 15.5. The molecule has 2 aromatic heterocycles. The number of carbonyl (C=O) groups is 1. The van der Waals surface area contributed by atoms with Gasteiger partial charge in [0.25, 0.3) is 0 Å². The van der Waals surface area contributed by atoms with E-state index < -0.39 is 0 Å². The molecule has 32 heavy (non-hydrogen) atoms. The fourth-order valence-electron chi connectivity index (χ4n) is 4.22. The van der Waals surface area contributed by atoms with Crippen molar-refractivity contribution < 1.29 is 13.6 Å². The van der Waals surface area contributed by atoms with Gasteiger partial charge in [-0.3, -0.25) is 4.79 Å². The number of carbonyl (C=O) groups excluding carboxylic acids is 1. The first-order valence-corrected chi connectivity index (χ1v) is 11.5. The van der Waals surface area contributed by atoms with Crippen LogP contribution in [-0.4, -0.2) is 29.9 Å². The van der Waals surface area contributed by atoms with Gasteiger partial charge < -0.3 is 19.1 Å². The van der Waals surface area contributed by atoms with Crippen LogP contribution in [0.3, 0.4) is 0 Å². The van der Waals surface area contributed by atoms with Crippen LogP contribution in [0.15, 0.2) is 69.9 Å². The topological polar surface area (TPSA) is 58.6 Å². The van der Waals surface area contributed by atoms with E-state index >= 15 is 0 Å². The maximum absolute atomic E-state index is 13.6. The third kappa shape index (κ3) is 5.22. The summed E-state index contributed by atoms with van der Waals surface area (Å²) in [6.45, 7) is 8.60. The van der Waals surface area contributed by atoms with E-state index in [0.717, 1.165) is 52.6 Å². The van der Waals surface area contributed by atoms with Crippen LogP contribution in [0.2, 0.25) is 0 Å². The van der Waals surface area contributed by atoms with Crippen molar-refractivity contribution in [1.82, 2.24) is 10.2 Å². The number of nitrogens with zero attached hydrogens (tertiary/aromatic N) is 1. The summed E-state index contributed by atoms with van der Waals surface area (Å²) in [4.78, 5) is 15.6. The zero-order chi connectivity index (χ0) is 22.5. The molecule has 4 rings (SSSR count). The van der Waals surface area contributed by atoms with Gasteiger partial charge in [0, 0.05) is 30.4 Å². The Morgan fingerprint density at radius 3 is 2.19 bits per heavy atom. The van der Waals surface area contributed by atoms with Crippen molar-refractivity contribution in [3.8, 4) is 0 Å². The van der Waals surface area contributed by atoms with Crippen molar-refractivity contribution in [3.05, 3.63) is 72.2 Å². The Balaban J connectivity index is 1.55. The first-order valence-electron chi connectivity index (χ1n) is 11.5. The number of hydrogen-bond acceptors (Lipinski definition) is 4. The van der Waals surface area contributed by atoms with Crippen LogP contribution in [0, 0.1) is 5.92 Å². The predicted molar refractivity (Wildman–Crippen MR) is 128 cm³/mol. The minimum atomic E-state index is -0.301. The third-order valence-electron chi connectivity index (χ3n) is 5.71. The minimum Gasteiger partial charge on any atom is -0.464 e. The molecule has 0 spiro atoms. The second kappa shape index (κ2) is 10.0. The van der Waals surface area contributed by atoms with E-state index in [-0.39, 0.29) is 11.9 Å². The minimum absolute atomic E-state index is 0.164. The second-order valence-electron chi connectivity index (χ2n) is 8.90. The van der Waals surface area contributed by atoms with E-state index in [1.807, 2.05) is 29.2 Å². The molecule has 2 aromatic carbocycles. The SMILES string of the molecule is CCCN(CC(C)C)C(=O)[C@@H](Cc1ccc2occc2c1)NCc1ccc2occc2c1. The number of hydrogen-bond donors (Lipinski definition) is 1. The van der Waals surface area contributed by atoms with Gasteiger partial charge in [0.1, 0.15) is 11.2 Å². The van der Waals surface area contributed by atoms with Crippen molar-refractivity contribution in [2.75, 3.05) is 13.1 Å². The summed E-state index contributed by atoms with van der Waals surface area (Å²) in [6, 6.07) is 15.9. The summed E-state index contributed by atoms with van der Waals surface area (Å²) >= 11 is 0. The average Bonchev–Trinajstić information content (AvgIpc) is 3.44. The molecule has 0 aliphatic rings. The van der Waals surface area contributed by atoms with Gasteiger partial charge in [0.15, 0.2) is 0 Å². The molecule has 168 valence electrons. The molecular weight excluding hydrogens is 400 g/mol. The van der Waals surface area contributed by atoms with Crippen LogP contribution >= 0.6 is 0 Å². The molecular formula is C27H32N2O3. The fourth-order valence-corrected chi connectivity index (χ4v) is 4.22. The van der Waals surface area contributed by atoms with Gasteiger partial charge >= 0.3 is 0 Å². The van der Waals surface area contributed by atoms with E-state index in [2.05, 4.69) is 50.4 Å². The summed E-state index contributed by atoms with van der Waals surface area (Å²) in [5.74, 6) is 0.592. The lowest BCUT2D eigenvalue weighted by molar-refractivity contribution is -0.134. The molecule has 0 unspecified atom stereocenters. The summed E-state index contributed by atoms with van der Waals surface area (Å²) in [5, 5.41) is 5.69. The summed E-state index contributed by atoms with van der Waals surface area (Å²) in [5.41, 5.74) is 4.00. The van der Waals surface area contributed by atoms with Crippen molar-refractivity contribution >= 4 is 27.8 Å². The molecule has 0 radical (unpaired) electrons.